The molecule has 1 unspecified atom stereocenters. The van der Waals surface area contributed by atoms with E-state index in [0.29, 0.717) is 19.4 Å². The highest BCUT2D eigenvalue weighted by molar-refractivity contribution is 5.76. The van der Waals surface area contributed by atoms with Crippen LogP contribution < -0.4 is 4.74 Å². The average molecular weight is 316 g/mol. The average Bonchev–Trinajstić information content (AvgIpc) is 2.56. The summed E-state index contributed by atoms with van der Waals surface area (Å²) in [5.74, 6) is -1.55. The lowest BCUT2D eigenvalue weighted by Gasteiger charge is -2.14. The first kappa shape index (κ1) is 17.0. The van der Waals surface area contributed by atoms with Crippen molar-refractivity contribution in [3.8, 4) is 5.75 Å². The summed E-state index contributed by atoms with van der Waals surface area (Å²) in [5.41, 5.74) is 1.42. The summed E-state index contributed by atoms with van der Waals surface area (Å²) >= 11 is 0. The molecule has 0 heterocycles. The molecule has 2 aromatic carbocycles. The number of aryl methyl sites for hydroxylation is 1. The molecule has 0 saturated heterocycles. The van der Waals surface area contributed by atoms with Crippen LogP contribution in [-0.4, -0.2) is 17.7 Å². The van der Waals surface area contributed by atoms with E-state index in [-0.39, 0.29) is 5.56 Å². The number of hydrogen-bond donors (Lipinski definition) is 1. The molecular weight excluding hydrogens is 295 g/mol. The number of benzene rings is 2. The Morgan fingerprint density at radius 2 is 2.00 bits per heavy atom. The molecule has 0 aromatic heterocycles. The molecule has 0 saturated carbocycles. The number of carboxylic acid groups (broad SMARTS) is 1. The van der Waals surface area contributed by atoms with Crippen LogP contribution in [0.15, 0.2) is 48.5 Å². The van der Waals surface area contributed by atoms with Crippen molar-refractivity contribution in [1.82, 2.24) is 0 Å². The van der Waals surface area contributed by atoms with Crippen LogP contribution in [0.3, 0.4) is 0 Å². The van der Waals surface area contributed by atoms with Gasteiger partial charge in [0.2, 0.25) is 0 Å². The molecule has 0 aliphatic carbocycles. The number of ether oxygens (including phenoxy) is 1. The van der Waals surface area contributed by atoms with Gasteiger partial charge in [0.15, 0.2) is 0 Å². The third kappa shape index (κ3) is 4.81. The Bertz CT molecular complexity index is 655. The highest BCUT2D eigenvalue weighted by Crippen LogP contribution is 2.24. The van der Waals surface area contributed by atoms with E-state index in [4.69, 9.17) is 4.74 Å². The van der Waals surface area contributed by atoms with Gasteiger partial charge in [-0.3, -0.25) is 4.79 Å². The zero-order valence-electron chi connectivity index (χ0n) is 13.2. The van der Waals surface area contributed by atoms with Crippen LogP contribution in [0.2, 0.25) is 0 Å². The van der Waals surface area contributed by atoms with E-state index >= 15 is 0 Å². The molecule has 2 aromatic rings. The quantitative estimate of drug-likeness (QED) is 0.734. The summed E-state index contributed by atoms with van der Waals surface area (Å²) in [6, 6.07) is 13.9. The van der Waals surface area contributed by atoms with Crippen LogP contribution in [0.4, 0.5) is 4.39 Å². The normalized spacial score (nSPS) is 11.9. The van der Waals surface area contributed by atoms with Gasteiger partial charge in [-0.15, -0.1) is 0 Å². The summed E-state index contributed by atoms with van der Waals surface area (Å²) in [6.07, 6.45) is 1.82. The van der Waals surface area contributed by atoms with Crippen LogP contribution >= 0.6 is 0 Å². The standard InChI is InChI=1S/C19H21FO3/c1-2-14-7-5-8-15(13-14)23-12-6-10-17(19(21)22)16-9-3-4-11-18(16)20/h3-5,7-9,11,13,17H,2,6,10,12H2,1H3,(H,21,22). The molecule has 0 aliphatic heterocycles. The van der Waals surface area contributed by atoms with Gasteiger partial charge in [0.25, 0.3) is 0 Å². The van der Waals surface area contributed by atoms with E-state index in [1.54, 1.807) is 12.1 Å². The largest absolute Gasteiger partial charge is 0.494 e. The minimum absolute atomic E-state index is 0.230. The molecule has 0 amide bonds. The maximum atomic E-state index is 13.8. The van der Waals surface area contributed by atoms with Gasteiger partial charge >= 0.3 is 5.97 Å². The van der Waals surface area contributed by atoms with E-state index in [0.717, 1.165) is 12.2 Å². The molecule has 0 bridgehead atoms. The predicted molar refractivity (Wildman–Crippen MR) is 87.3 cm³/mol. The lowest BCUT2D eigenvalue weighted by molar-refractivity contribution is -0.139. The molecule has 1 atom stereocenters. The van der Waals surface area contributed by atoms with E-state index in [9.17, 15) is 14.3 Å². The van der Waals surface area contributed by atoms with Gasteiger partial charge in [-0.2, -0.15) is 0 Å². The van der Waals surface area contributed by atoms with Crippen LogP contribution in [-0.2, 0) is 11.2 Å². The predicted octanol–water partition coefficient (Wildman–Crippen LogP) is 4.42. The molecule has 4 heteroatoms. The van der Waals surface area contributed by atoms with Crippen molar-refractivity contribution in [2.24, 2.45) is 0 Å². The van der Waals surface area contributed by atoms with E-state index < -0.39 is 17.7 Å². The Hall–Kier alpha value is -2.36. The van der Waals surface area contributed by atoms with Gasteiger partial charge in [-0.1, -0.05) is 37.3 Å². The second kappa shape index (κ2) is 8.32. The molecule has 23 heavy (non-hydrogen) atoms. The van der Waals surface area contributed by atoms with Crippen molar-refractivity contribution in [3.05, 3.63) is 65.5 Å². The molecule has 1 N–H and O–H groups in total. The third-order valence-corrected chi connectivity index (χ3v) is 3.79. The van der Waals surface area contributed by atoms with E-state index in [1.165, 1.54) is 17.7 Å². The number of carbonyl (C=O) groups is 1. The summed E-state index contributed by atoms with van der Waals surface area (Å²) in [4.78, 5) is 11.4. The van der Waals surface area contributed by atoms with Gasteiger partial charge < -0.3 is 9.84 Å². The van der Waals surface area contributed by atoms with Gasteiger partial charge in [0, 0.05) is 5.56 Å². The fraction of sp³-hybridized carbons (Fsp3) is 0.316. The van der Waals surface area contributed by atoms with E-state index in [2.05, 4.69) is 6.92 Å². The molecule has 0 radical (unpaired) electrons. The Kier molecular flexibility index (Phi) is 6.15. The first-order chi connectivity index (χ1) is 11.1. The van der Waals surface area contributed by atoms with Crippen molar-refractivity contribution in [1.29, 1.82) is 0 Å². The van der Waals surface area contributed by atoms with Crippen LogP contribution in [0.5, 0.6) is 5.75 Å². The second-order valence-corrected chi connectivity index (χ2v) is 5.40. The molecule has 0 fully saturated rings. The lowest BCUT2D eigenvalue weighted by Crippen LogP contribution is -2.14. The topological polar surface area (TPSA) is 46.5 Å². The molecule has 122 valence electrons. The first-order valence-corrected chi connectivity index (χ1v) is 7.80. The van der Waals surface area contributed by atoms with Crippen molar-refractivity contribution in [2.45, 2.75) is 32.1 Å². The van der Waals surface area contributed by atoms with Crippen LogP contribution in [0.1, 0.15) is 36.8 Å². The number of halogens is 1. The molecule has 3 nitrogen and oxygen atoms in total. The highest BCUT2D eigenvalue weighted by Gasteiger charge is 2.22. The number of carboxylic acids is 1. The molecule has 0 spiro atoms. The fourth-order valence-corrected chi connectivity index (χ4v) is 2.50. The monoisotopic (exact) mass is 316 g/mol. The molecular formula is C19H21FO3. The van der Waals surface area contributed by atoms with Crippen molar-refractivity contribution >= 4 is 5.97 Å². The summed E-state index contributed by atoms with van der Waals surface area (Å²) < 4.78 is 19.4. The lowest BCUT2D eigenvalue weighted by atomic mass is 9.94. The van der Waals surface area contributed by atoms with Crippen LogP contribution in [0.25, 0.3) is 0 Å². The maximum Gasteiger partial charge on any atom is 0.311 e. The van der Waals surface area contributed by atoms with Gasteiger partial charge in [0.05, 0.1) is 12.5 Å². The minimum atomic E-state index is -1.01. The number of rotatable bonds is 8. The van der Waals surface area contributed by atoms with Crippen molar-refractivity contribution in [3.63, 3.8) is 0 Å². The fourth-order valence-electron chi connectivity index (χ4n) is 2.50. The Morgan fingerprint density at radius 3 is 2.70 bits per heavy atom. The van der Waals surface area contributed by atoms with Crippen LogP contribution in [0, 0.1) is 5.82 Å². The Morgan fingerprint density at radius 1 is 1.22 bits per heavy atom. The summed E-state index contributed by atoms with van der Waals surface area (Å²) in [7, 11) is 0. The minimum Gasteiger partial charge on any atom is -0.494 e. The maximum absolute atomic E-state index is 13.8. The second-order valence-electron chi connectivity index (χ2n) is 5.40. The summed E-state index contributed by atoms with van der Waals surface area (Å²) in [5, 5.41) is 9.33. The number of aliphatic carboxylic acids is 1. The molecule has 0 aliphatic rings. The zero-order valence-corrected chi connectivity index (χ0v) is 13.2. The Labute approximate surface area is 135 Å². The third-order valence-electron chi connectivity index (χ3n) is 3.79. The van der Waals surface area contributed by atoms with Gasteiger partial charge in [-0.05, 0) is 43.0 Å². The van der Waals surface area contributed by atoms with Crippen molar-refractivity contribution in [2.75, 3.05) is 6.61 Å². The Balaban J connectivity index is 1.90. The smallest absolute Gasteiger partial charge is 0.311 e. The van der Waals surface area contributed by atoms with Gasteiger partial charge in [0.1, 0.15) is 11.6 Å². The first-order valence-electron chi connectivity index (χ1n) is 7.80. The highest BCUT2D eigenvalue weighted by atomic mass is 19.1. The van der Waals surface area contributed by atoms with Gasteiger partial charge in [-0.25, -0.2) is 4.39 Å². The summed E-state index contributed by atoms with van der Waals surface area (Å²) in [6.45, 7) is 2.48. The molecule has 2 rings (SSSR count). The SMILES string of the molecule is CCc1cccc(OCCCC(C(=O)O)c2ccccc2F)c1. The number of hydrogen-bond acceptors (Lipinski definition) is 2. The van der Waals surface area contributed by atoms with E-state index in [1.807, 2.05) is 24.3 Å². The van der Waals surface area contributed by atoms with Crippen molar-refractivity contribution < 1.29 is 19.0 Å². The zero-order chi connectivity index (χ0) is 16.7.